The Labute approximate surface area is 181 Å². The molecule has 3 aromatic rings. The van der Waals surface area contributed by atoms with Gasteiger partial charge in [-0.15, -0.1) is 0 Å². The second-order valence-corrected chi connectivity index (χ2v) is 9.32. The fraction of sp³-hybridized carbons (Fsp3) is 0.261. The number of halogens is 1. The van der Waals surface area contributed by atoms with E-state index in [0.717, 1.165) is 16.9 Å². The number of amides is 1. The van der Waals surface area contributed by atoms with Crippen molar-refractivity contribution >= 4 is 15.9 Å². The average Bonchev–Trinajstić information content (AvgIpc) is 3.16. The minimum absolute atomic E-state index is 0.0403. The molecule has 1 amide bonds. The topological polar surface area (TPSA) is 88.4 Å². The Morgan fingerprint density at radius 2 is 1.55 bits per heavy atom. The fourth-order valence-electron chi connectivity index (χ4n) is 3.06. The van der Waals surface area contributed by atoms with E-state index in [-0.39, 0.29) is 23.2 Å². The summed E-state index contributed by atoms with van der Waals surface area (Å²) in [5, 5.41) is 2.71. The van der Waals surface area contributed by atoms with Gasteiger partial charge >= 0.3 is 0 Å². The molecule has 1 aromatic heterocycles. The molecule has 0 saturated carbocycles. The number of carbonyl (C=O) groups is 1. The Morgan fingerprint density at radius 3 is 2.06 bits per heavy atom. The molecule has 1 heterocycles. The molecule has 1 atom stereocenters. The fourth-order valence-corrected chi connectivity index (χ4v) is 4.40. The van der Waals surface area contributed by atoms with Crippen LogP contribution in [0.25, 0.3) is 11.1 Å². The van der Waals surface area contributed by atoms with Crippen molar-refractivity contribution in [2.75, 3.05) is 0 Å². The third-order valence-corrected chi connectivity index (χ3v) is 6.26. The zero-order chi connectivity index (χ0) is 22.6. The van der Waals surface area contributed by atoms with Crippen LogP contribution in [0.2, 0.25) is 0 Å². The molecule has 6 nitrogen and oxygen atoms in total. The van der Waals surface area contributed by atoms with Crippen LogP contribution in [0, 0.1) is 18.7 Å². The zero-order valence-corrected chi connectivity index (χ0v) is 18.4. The molecule has 31 heavy (non-hydrogen) atoms. The molecule has 0 aliphatic carbocycles. The van der Waals surface area contributed by atoms with Gasteiger partial charge in [0.1, 0.15) is 23.4 Å². The van der Waals surface area contributed by atoms with Crippen molar-refractivity contribution in [1.82, 2.24) is 10.0 Å². The van der Waals surface area contributed by atoms with Gasteiger partial charge in [0.25, 0.3) is 0 Å². The summed E-state index contributed by atoms with van der Waals surface area (Å²) in [4.78, 5) is 12.7. The first kappa shape index (κ1) is 22.7. The first-order chi connectivity index (χ1) is 14.7. The van der Waals surface area contributed by atoms with Gasteiger partial charge in [0.2, 0.25) is 15.9 Å². The van der Waals surface area contributed by atoms with E-state index in [2.05, 4.69) is 10.0 Å². The number of carbonyl (C=O) groups excluding carboxylic acids is 1. The largest absolute Gasteiger partial charge is 0.465 e. The standard InChI is InChI=1S/C23H25FN2O4S/c1-15(2)22(23(27)25-14-20-11-4-16(3)30-20)26-31(28,29)21-12-7-18(8-13-21)17-5-9-19(24)10-6-17/h4-13,15,22,26H,14H2,1-3H3,(H,25,27)/t22-/m0/s1. The lowest BCUT2D eigenvalue weighted by molar-refractivity contribution is -0.123. The van der Waals surface area contributed by atoms with Gasteiger partial charge in [-0.1, -0.05) is 38.1 Å². The van der Waals surface area contributed by atoms with Gasteiger partial charge in [-0.2, -0.15) is 4.72 Å². The van der Waals surface area contributed by atoms with Gasteiger partial charge in [-0.25, -0.2) is 12.8 Å². The molecule has 2 aromatic carbocycles. The smallest absolute Gasteiger partial charge is 0.241 e. The summed E-state index contributed by atoms with van der Waals surface area (Å²) in [6.07, 6.45) is 0. The second kappa shape index (κ2) is 9.45. The zero-order valence-electron chi connectivity index (χ0n) is 17.6. The van der Waals surface area contributed by atoms with Crippen molar-refractivity contribution in [1.29, 1.82) is 0 Å². The first-order valence-electron chi connectivity index (χ1n) is 9.87. The van der Waals surface area contributed by atoms with E-state index >= 15 is 0 Å². The number of nitrogens with one attached hydrogen (secondary N) is 2. The van der Waals surface area contributed by atoms with E-state index in [9.17, 15) is 17.6 Å². The van der Waals surface area contributed by atoms with Gasteiger partial charge < -0.3 is 9.73 Å². The highest BCUT2D eigenvalue weighted by Gasteiger charge is 2.28. The maximum absolute atomic E-state index is 13.1. The molecule has 8 heteroatoms. The molecule has 0 radical (unpaired) electrons. The summed E-state index contributed by atoms with van der Waals surface area (Å²) < 4.78 is 46.7. The van der Waals surface area contributed by atoms with Crippen LogP contribution < -0.4 is 10.0 Å². The number of rotatable bonds is 8. The summed E-state index contributed by atoms with van der Waals surface area (Å²) >= 11 is 0. The number of hydrogen-bond acceptors (Lipinski definition) is 4. The van der Waals surface area contributed by atoms with Crippen molar-refractivity contribution < 1.29 is 22.0 Å². The van der Waals surface area contributed by atoms with Crippen LogP contribution in [0.5, 0.6) is 0 Å². The molecule has 3 rings (SSSR count). The Morgan fingerprint density at radius 1 is 0.968 bits per heavy atom. The lowest BCUT2D eigenvalue weighted by Crippen LogP contribution is -2.49. The van der Waals surface area contributed by atoms with Gasteiger partial charge in [-0.05, 0) is 60.4 Å². The molecule has 0 bridgehead atoms. The normalized spacial score (nSPS) is 12.7. The molecule has 0 spiro atoms. The van der Waals surface area contributed by atoms with Crippen LogP contribution in [0.3, 0.4) is 0 Å². The predicted molar refractivity (Wildman–Crippen MR) is 116 cm³/mol. The summed E-state index contributed by atoms with van der Waals surface area (Å²) in [5.74, 6) is 0.275. The lowest BCUT2D eigenvalue weighted by atomic mass is 10.1. The quantitative estimate of drug-likeness (QED) is 0.549. The van der Waals surface area contributed by atoms with E-state index in [0.29, 0.717) is 5.76 Å². The van der Waals surface area contributed by atoms with Crippen LogP contribution in [0.1, 0.15) is 25.4 Å². The molecule has 0 fully saturated rings. The Hall–Kier alpha value is -2.97. The molecular weight excluding hydrogens is 419 g/mol. The summed E-state index contributed by atoms with van der Waals surface area (Å²) in [5.41, 5.74) is 1.52. The van der Waals surface area contributed by atoms with Gasteiger partial charge in [0, 0.05) is 0 Å². The maximum Gasteiger partial charge on any atom is 0.241 e. The Balaban J connectivity index is 1.71. The lowest BCUT2D eigenvalue weighted by Gasteiger charge is -2.21. The highest BCUT2D eigenvalue weighted by Crippen LogP contribution is 2.22. The highest BCUT2D eigenvalue weighted by atomic mass is 32.2. The molecule has 0 saturated heterocycles. The molecule has 0 unspecified atom stereocenters. The number of benzene rings is 2. The van der Waals surface area contributed by atoms with E-state index < -0.39 is 22.0 Å². The number of hydrogen-bond donors (Lipinski definition) is 2. The first-order valence-corrected chi connectivity index (χ1v) is 11.4. The third kappa shape index (κ3) is 5.80. The number of furan rings is 1. The van der Waals surface area contributed by atoms with Crippen LogP contribution in [-0.4, -0.2) is 20.4 Å². The molecular formula is C23H25FN2O4S. The van der Waals surface area contributed by atoms with E-state index in [1.165, 1.54) is 24.3 Å². The molecule has 0 aliphatic heterocycles. The van der Waals surface area contributed by atoms with Gasteiger partial charge in [0.05, 0.1) is 11.4 Å². The van der Waals surface area contributed by atoms with Crippen LogP contribution in [0.4, 0.5) is 4.39 Å². The predicted octanol–water partition coefficient (Wildman–Crippen LogP) is 4.01. The van der Waals surface area contributed by atoms with E-state index in [4.69, 9.17) is 4.42 Å². The highest BCUT2D eigenvalue weighted by molar-refractivity contribution is 7.89. The van der Waals surface area contributed by atoms with E-state index in [1.807, 2.05) is 0 Å². The summed E-state index contributed by atoms with van der Waals surface area (Å²) in [7, 11) is -3.93. The van der Waals surface area contributed by atoms with Crippen molar-refractivity contribution in [2.45, 2.75) is 38.3 Å². The Bertz CT molecular complexity index is 1140. The SMILES string of the molecule is Cc1ccc(CNC(=O)[C@@H](NS(=O)(=O)c2ccc(-c3ccc(F)cc3)cc2)C(C)C)o1. The molecule has 0 aliphatic rings. The summed E-state index contributed by atoms with van der Waals surface area (Å²) in [6.45, 7) is 5.50. The minimum atomic E-state index is -3.93. The van der Waals surface area contributed by atoms with Gasteiger partial charge in [0.15, 0.2) is 0 Å². The minimum Gasteiger partial charge on any atom is -0.465 e. The number of aryl methyl sites for hydroxylation is 1. The summed E-state index contributed by atoms with van der Waals surface area (Å²) in [6, 6.07) is 14.7. The molecule has 2 N–H and O–H groups in total. The van der Waals surface area contributed by atoms with Crippen molar-refractivity contribution in [2.24, 2.45) is 5.92 Å². The van der Waals surface area contributed by atoms with Crippen molar-refractivity contribution in [3.8, 4) is 11.1 Å². The van der Waals surface area contributed by atoms with Crippen LogP contribution in [-0.2, 0) is 21.4 Å². The molecule has 164 valence electrons. The average molecular weight is 445 g/mol. The number of sulfonamides is 1. The van der Waals surface area contributed by atoms with Crippen LogP contribution in [0.15, 0.2) is 70.0 Å². The Kier molecular flexibility index (Phi) is 6.92. The van der Waals surface area contributed by atoms with Gasteiger partial charge in [-0.3, -0.25) is 4.79 Å². The third-order valence-electron chi connectivity index (χ3n) is 4.81. The second-order valence-electron chi connectivity index (χ2n) is 7.60. The maximum atomic E-state index is 13.1. The van der Waals surface area contributed by atoms with Crippen molar-refractivity contribution in [3.63, 3.8) is 0 Å². The monoisotopic (exact) mass is 444 g/mol. The van der Waals surface area contributed by atoms with E-state index in [1.54, 1.807) is 57.2 Å². The van der Waals surface area contributed by atoms with Crippen LogP contribution >= 0.6 is 0 Å². The van der Waals surface area contributed by atoms with Crippen molar-refractivity contribution in [3.05, 3.63) is 78.0 Å².